The van der Waals surface area contributed by atoms with Gasteiger partial charge in [-0.25, -0.2) is 0 Å². The molecular formula is C13H24N2O3. The quantitative estimate of drug-likeness (QED) is 0.662. The summed E-state index contributed by atoms with van der Waals surface area (Å²) in [5.41, 5.74) is 5.98. The Hall–Kier alpha value is -0.650. The molecule has 2 aliphatic rings. The first kappa shape index (κ1) is 13.8. The topological polar surface area (TPSA) is 84.6 Å². The molecule has 0 aromatic carbocycles. The number of carbonyl (C=O) groups excluding carboxylic acids is 1. The highest BCUT2D eigenvalue weighted by Gasteiger charge is 2.29. The van der Waals surface area contributed by atoms with E-state index in [2.05, 4.69) is 5.32 Å². The predicted molar refractivity (Wildman–Crippen MR) is 67.9 cm³/mol. The van der Waals surface area contributed by atoms with Crippen molar-refractivity contribution < 1.29 is 14.6 Å². The first-order chi connectivity index (χ1) is 8.68. The van der Waals surface area contributed by atoms with E-state index in [4.69, 9.17) is 10.5 Å². The molecule has 104 valence electrons. The van der Waals surface area contributed by atoms with Gasteiger partial charge in [0.25, 0.3) is 0 Å². The molecule has 1 amide bonds. The normalized spacial score (nSPS) is 31.2. The lowest BCUT2D eigenvalue weighted by Crippen LogP contribution is -2.48. The number of hydrogen-bond acceptors (Lipinski definition) is 4. The van der Waals surface area contributed by atoms with Crippen LogP contribution in [0.3, 0.4) is 0 Å². The Morgan fingerprint density at radius 3 is 2.67 bits per heavy atom. The fourth-order valence-corrected chi connectivity index (χ4v) is 2.89. The Balaban J connectivity index is 1.73. The second-order valence-corrected chi connectivity index (χ2v) is 5.48. The Bertz CT molecular complexity index is 279. The van der Waals surface area contributed by atoms with Crippen LogP contribution < -0.4 is 11.1 Å². The molecule has 3 atom stereocenters. The molecule has 1 aliphatic heterocycles. The van der Waals surface area contributed by atoms with Crippen LogP contribution in [-0.4, -0.2) is 42.9 Å². The minimum Gasteiger partial charge on any atom is -0.393 e. The molecule has 5 nitrogen and oxygen atoms in total. The summed E-state index contributed by atoms with van der Waals surface area (Å²) in [6.07, 6.45) is 4.36. The molecule has 18 heavy (non-hydrogen) atoms. The fraction of sp³-hybridized carbons (Fsp3) is 0.923. The van der Waals surface area contributed by atoms with Crippen molar-refractivity contribution in [3.8, 4) is 0 Å². The van der Waals surface area contributed by atoms with Crippen molar-refractivity contribution in [3.05, 3.63) is 0 Å². The summed E-state index contributed by atoms with van der Waals surface area (Å²) < 4.78 is 5.26. The van der Waals surface area contributed by atoms with Crippen LogP contribution in [0.5, 0.6) is 0 Å². The zero-order valence-electron chi connectivity index (χ0n) is 10.8. The number of aliphatic hydroxyl groups excluding tert-OH is 1. The minimum absolute atomic E-state index is 0.0824. The monoisotopic (exact) mass is 256 g/mol. The summed E-state index contributed by atoms with van der Waals surface area (Å²) in [6.45, 7) is 1.96. The molecule has 4 N–H and O–H groups in total. The zero-order valence-corrected chi connectivity index (χ0v) is 10.8. The van der Waals surface area contributed by atoms with E-state index >= 15 is 0 Å². The van der Waals surface area contributed by atoms with E-state index in [-0.39, 0.29) is 23.8 Å². The smallest absolute Gasteiger partial charge is 0.237 e. The Labute approximate surface area is 108 Å². The molecule has 1 heterocycles. The second-order valence-electron chi connectivity index (χ2n) is 5.48. The zero-order chi connectivity index (χ0) is 13.0. The first-order valence-electron chi connectivity index (χ1n) is 6.97. The van der Waals surface area contributed by atoms with E-state index < -0.39 is 6.04 Å². The standard InChI is InChI=1S/C13H24N2O3/c14-12(9-4-6-18-7-5-9)13(17)15-8-10-2-1-3-11(10)16/h9-12,16H,1-8,14H2,(H,15,17). The molecule has 2 rings (SSSR count). The van der Waals surface area contributed by atoms with Crippen molar-refractivity contribution in [2.45, 2.75) is 44.2 Å². The Morgan fingerprint density at radius 2 is 2.06 bits per heavy atom. The van der Waals surface area contributed by atoms with Crippen molar-refractivity contribution in [2.75, 3.05) is 19.8 Å². The van der Waals surface area contributed by atoms with E-state index in [1.54, 1.807) is 0 Å². The van der Waals surface area contributed by atoms with Gasteiger partial charge in [-0.2, -0.15) is 0 Å². The van der Waals surface area contributed by atoms with Crippen LogP contribution in [0.1, 0.15) is 32.1 Å². The SMILES string of the molecule is NC(C(=O)NCC1CCCC1O)C1CCOCC1. The van der Waals surface area contributed by atoms with Gasteiger partial charge in [0.1, 0.15) is 0 Å². The highest BCUT2D eigenvalue weighted by molar-refractivity contribution is 5.81. The van der Waals surface area contributed by atoms with Crippen LogP contribution in [0, 0.1) is 11.8 Å². The molecule has 0 aromatic rings. The highest BCUT2D eigenvalue weighted by atomic mass is 16.5. The maximum atomic E-state index is 11.9. The molecule has 0 bridgehead atoms. The van der Waals surface area contributed by atoms with Crippen LogP contribution >= 0.6 is 0 Å². The van der Waals surface area contributed by atoms with Gasteiger partial charge in [-0.05, 0) is 31.6 Å². The number of rotatable bonds is 4. The second kappa shape index (κ2) is 6.50. The largest absolute Gasteiger partial charge is 0.393 e. The van der Waals surface area contributed by atoms with Crippen LogP contribution in [0.2, 0.25) is 0 Å². The average molecular weight is 256 g/mol. The molecule has 0 spiro atoms. The van der Waals surface area contributed by atoms with E-state index in [1.165, 1.54) is 0 Å². The predicted octanol–water partition coefficient (Wildman–Crippen LogP) is 0.0175. The third-order valence-corrected chi connectivity index (χ3v) is 4.23. The van der Waals surface area contributed by atoms with Crippen LogP contribution in [-0.2, 0) is 9.53 Å². The van der Waals surface area contributed by atoms with Crippen LogP contribution in [0.25, 0.3) is 0 Å². The molecule has 1 saturated heterocycles. The van der Waals surface area contributed by atoms with Crippen molar-refractivity contribution in [1.29, 1.82) is 0 Å². The fourth-order valence-electron chi connectivity index (χ4n) is 2.89. The van der Waals surface area contributed by atoms with Crippen molar-refractivity contribution in [1.82, 2.24) is 5.32 Å². The van der Waals surface area contributed by atoms with Gasteiger partial charge in [0.15, 0.2) is 0 Å². The van der Waals surface area contributed by atoms with Gasteiger partial charge in [-0.15, -0.1) is 0 Å². The molecule has 5 heteroatoms. The maximum absolute atomic E-state index is 11.9. The van der Waals surface area contributed by atoms with E-state index in [0.717, 1.165) is 32.1 Å². The molecule has 3 unspecified atom stereocenters. The molecule has 2 fully saturated rings. The van der Waals surface area contributed by atoms with Crippen molar-refractivity contribution in [2.24, 2.45) is 17.6 Å². The molecule has 0 radical (unpaired) electrons. The first-order valence-corrected chi connectivity index (χ1v) is 6.97. The minimum atomic E-state index is -0.438. The van der Waals surface area contributed by atoms with Crippen molar-refractivity contribution >= 4 is 5.91 Å². The van der Waals surface area contributed by atoms with Gasteiger partial charge >= 0.3 is 0 Å². The van der Waals surface area contributed by atoms with Crippen LogP contribution in [0.15, 0.2) is 0 Å². The summed E-state index contributed by atoms with van der Waals surface area (Å²) in [5, 5.41) is 12.6. The molecule has 1 saturated carbocycles. The number of aliphatic hydroxyl groups is 1. The van der Waals surface area contributed by atoms with Gasteiger partial charge in [-0.3, -0.25) is 4.79 Å². The number of nitrogens with two attached hydrogens (primary N) is 1. The number of ether oxygens (including phenoxy) is 1. The summed E-state index contributed by atoms with van der Waals surface area (Å²) in [5.74, 6) is 0.351. The summed E-state index contributed by atoms with van der Waals surface area (Å²) in [6, 6.07) is -0.438. The van der Waals surface area contributed by atoms with Gasteiger partial charge in [-0.1, -0.05) is 6.42 Å². The van der Waals surface area contributed by atoms with Gasteiger partial charge < -0.3 is 20.9 Å². The summed E-state index contributed by atoms with van der Waals surface area (Å²) in [7, 11) is 0. The van der Waals surface area contributed by atoms with E-state index in [1.807, 2.05) is 0 Å². The third-order valence-electron chi connectivity index (χ3n) is 4.23. The number of nitrogens with one attached hydrogen (secondary N) is 1. The lowest BCUT2D eigenvalue weighted by atomic mass is 9.91. The van der Waals surface area contributed by atoms with Gasteiger partial charge in [0, 0.05) is 25.7 Å². The van der Waals surface area contributed by atoms with E-state index in [0.29, 0.717) is 19.8 Å². The number of hydrogen-bond donors (Lipinski definition) is 3. The van der Waals surface area contributed by atoms with E-state index in [9.17, 15) is 9.90 Å². The van der Waals surface area contributed by atoms with Crippen LogP contribution in [0.4, 0.5) is 0 Å². The average Bonchev–Trinajstić information content (AvgIpc) is 2.81. The lowest BCUT2D eigenvalue weighted by Gasteiger charge is -2.27. The Kier molecular flexibility index (Phi) is 4.97. The van der Waals surface area contributed by atoms with Gasteiger partial charge in [0.05, 0.1) is 12.1 Å². The maximum Gasteiger partial charge on any atom is 0.237 e. The molecule has 1 aliphatic carbocycles. The van der Waals surface area contributed by atoms with Gasteiger partial charge in [0.2, 0.25) is 5.91 Å². The highest BCUT2D eigenvalue weighted by Crippen LogP contribution is 2.24. The Morgan fingerprint density at radius 1 is 1.33 bits per heavy atom. The molecule has 0 aromatic heterocycles. The summed E-state index contributed by atoms with van der Waals surface area (Å²) >= 11 is 0. The number of amides is 1. The molecular weight excluding hydrogens is 232 g/mol. The third kappa shape index (κ3) is 3.43. The van der Waals surface area contributed by atoms with Crippen molar-refractivity contribution in [3.63, 3.8) is 0 Å². The lowest BCUT2D eigenvalue weighted by molar-refractivity contribution is -0.124. The summed E-state index contributed by atoms with van der Waals surface area (Å²) in [4.78, 5) is 11.9. The number of carbonyl (C=O) groups is 1.